The van der Waals surface area contributed by atoms with Crippen molar-refractivity contribution < 1.29 is 22.8 Å². The maximum atomic E-state index is 13.0. The van der Waals surface area contributed by atoms with Gasteiger partial charge in [-0.25, -0.2) is 9.97 Å². The monoisotopic (exact) mass is 344 g/mol. The Labute approximate surface area is 137 Å². The highest BCUT2D eigenvalue weighted by Gasteiger charge is 2.47. The minimum Gasteiger partial charge on any atom is -0.346 e. The lowest BCUT2D eigenvalue weighted by atomic mass is 9.97. The standard InChI is InChI=1S/C15H19F3N4O2/c1-8-6-12(20-9(2)19-8)14(24)21-11-4-5-13(15(16,17)18)22(7-11)10(3)23/h6,11,13H,4-5,7H2,1-3H3,(H,21,24)/t11-,13+/m0/s1. The van der Waals surface area contributed by atoms with Gasteiger partial charge in [-0.2, -0.15) is 13.2 Å². The summed E-state index contributed by atoms with van der Waals surface area (Å²) >= 11 is 0. The molecule has 1 fully saturated rings. The number of alkyl halides is 3. The molecule has 1 saturated heterocycles. The molecule has 24 heavy (non-hydrogen) atoms. The molecule has 1 aliphatic heterocycles. The lowest BCUT2D eigenvalue weighted by molar-refractivity contribution is -0.196. The molecule has 1 aromatic rings. The average molecular weight is 344 g/mol. The second-order valence-electron chi connectivity index (χ2n) is 5.92. The van der Waals surface area contributed by atoms with Crippen LogP contribution in [0.3, 0.4) is 0 Å². The van der Waals surface area contributed by atoms with Gasteiger partial charge in [-0.3, -0.25) is 9.59 Å². The smallest absolute Gasteiger partial charge is 0.346 e. The van der Waals surface area contributed by atoms with Crippen LogP contribution >= 0.6 is 0 Å². The Morgan fingerprint density at radius 3 is 2.46 bits per heavy atom. The van der Waals surface area contributed by atoms with Gasteiger partial charge in [0.15, 0.2) is 0 Å². The summed E-state index contributed by atoms with van der Waals surface area (Å²) in [6.07, 6.45) is -4.57. The summed E-state index contributed by atoms with van der Waals surface area (Å²) in [5.41, 5.74) is 0.783. The number of carbonyl (C=O) groups excluding carboxylic acids is 2. The topological polar surface area (TPSA) is 75.2 Å². The fourth-order valence-corrected chi connectivity index (χ4v) is 2.87. The highest BCUT2D eigenvalue weighted by Crippen LogP contribution is 2.32. The number of amides is 2. The number of nitrogens with zero attached hydrogens (tertiary/aromatic N) is 3. The van der Waals surface area contributed by atoms with E-state index >= 15 is 0 Å². The highest BCUT2D eigenvalue weighted by atomic mass is 19.4. The Morgan fingerprint density at radius 1 is 1.25 bits per heavy atom. The molecular formula is C15H19F3N4O2. The molecule has 0 bridgehead atoms. The van der Waals surface area contributed by atoms with Gasteiger partial charge in [0.2, 0.25) is 5.91 Å². The van der Waals surface area contributed by atoms with Crippen LogP contribution in [0.25, 0.3) is 0 Å². The Morgan fingerprint density at radius 2 is 1.92 bits per heavy atom. The van der Waals surface area contributed by atoms with Crippen LogP contribution in [-0.4, -0.2) is 51.5 Å². The number of piperidine rings is 1. The van der Waals surface area contributed by atoms with Gasteiger partial charge in [-0.1, -0.05) is 0 Å². The summed E-state index contributed by atoms with van der Waals surface area (Å²) in [5.74, 6) is -0.709. The summed E-state index contributed by atoms with van der Waals surface area (Å²) < 4.78 is 39.0. The van der Waals surface area contributed by atoms with Crippen LogP contribution in [0.5, 0.6) is 0 Å². The van der Waals surface area contributed by atoms with E-state index in [0.717, 1.165) is 11.8 Å². The number of rotatable bonds is 2. The van der Waals surface area contributed by atoms with Crippen molar-refractivity contribution in [1.82, 2.24) is 20.2 Å². The molecule has 0 aromatic carbocycles. The first-order valence-electron chi connectivity index (χ1n) is 7.55. The molecule has 0 spiro atoms. The fourth-order valence-electron chi connectivity index (χ4n) is 2.87. The van der Waals surface area contributed by atoms with Crippen molar-refractivity contribution >= 4 is 11.8 Å². The molecule has 2 rings (SSSR count). The van der Waals surface area contributed by atoms with Crippen molar-refractivity contribution in [3.05, 3.63) is 23.3 Å². The molecule has 9 heteroatoms. The molecule has 132 valence electrons. The van der Waals surface area contributed by atoms with E-state index in [-0.39, 0.29) is 25.1 Å². The molecule has 0 radical (unpaired) electrons. The van der Waals surface area contributed by atoms with Gasteiger partial charge in [0, 0.05) is 25.2 Å². The van der Waals surface area contributed by atoms with Gasteiger partial charge >= 0.3 is 6.18 Å². The molecule has 1 aromatic heterocycles. The predicted molar refractivity (Wildman–Crippen MR) is 79.2 cm³/mol. The van der Waals surface area contributed by atoms with Gasteiger partial charge < -0.3 is 10.2 Å². The first-order valence-corrected chi connectivity index (χ1v) is 7.55. The molecular weight excluding hydrogens is 325 g/mol. The van der Waals surface area contributed by atoms with Gasteiger partial charge in [-0.05, 0) is 32.8 Å². The largest absolute Gasteiger partial charge is 0.408 e. The number of nitrogens with one attached hydrogen (secondary N) is 1. The lowest BCUT2D eigenvalue weighted by Crippen LogP contribution is -2.57. The summed E-state index contributed by atoms with van der Waals surface area (Å²) in [5, 5.41) is 2.66. The second kappa shape index (κ2) is 6.74. The van der Waals surface area contributed by atoms with E-state index in [2.05, 4.69) is 15.3 Å². The van der Waals surface area contributed by atoms with Crippen LogP contribution < -0.4 is 5.32 Å². The highest BCUT2D eigenvalue weighted by molar-refractivity contribution is 5.92. The maximum Gasteiger partial charge on any atom is 0.408 e. The first kappa shape index (κ1) is 18.2. The molecule has 2 atom stereocenters. The fraction of sp³-hybridized carbons (Fsp3) is 0.600. The molecule has 0 saturated carbocycles. The molecule has 2 amide bonds. The summed E-state index contributed by atoms with van der Waals surface area (Å²) in [4.78, 5) is 32.6. The average Bonchev–Trinajstić information content (AvgIpc) is 2.44. The summed E-state index contributed by atoms with van der Waals surface area (Å²) in [7, 11) is 0. The van der Waals surface area contributed by atoms with E-state index in [0.29, 0.717) is 11.5 Å². The van der Waals surface area contributed by atoms with E-state index in [4.69, 9.17) is 0 Å². The number of halogens is 3. The molecule has 1 aliphatic rings. The van der Waals surface area contributed by atoms with Crippen LogP contribution in [0.1, 0.15) is 41.8 Å². The van der Waals surface area contributed by atoms with Crippen molar-refractivity contribution in [3.63, 3.8) is 0 Å². The molecule has 6 nitrogen and oxygen atoms in total. The third-order valence-electron chi connectivity index (χ3n) is 3.90. The lowest BCUT2D eigenvalue weighted by Gasteiger charge is -2.40. The Bertz CT molecular complexity index is 628. The predicted octanol–water partition coefficient (Wildman–Crippen LogP) is 1.77. The van der Waals surface area contributed by atoms with Gasteiger partial charge in [0.25, 0.3) is 5.91 Å². The first-order chi connectivity index (χ1) is 11.1. The zero-order valence-corrected chi connectivity index (χ0v) is 13.6. The second-order valence-corrected chi connectivity index (χ2v) is 5.92. The van der Waals surface area contributed by atoms with E-state index in [1.54, 1.807) is 13.8 Å². The number of aryl methyl sites for hydroxylation is 2. The van der Waals surface area contributed by atoms with Crippen molar-refractivity contribution in [2.45, 2.75) is 51.9 Å². The minimum absolute atomic E-state index is 0.142. The van der Waals surface area contributed by atoms with E-state index in [1.165, 1.54) is 6.07 Å². The van der Waals surface area contributed by atoms with Crippen molar-refractivity contribution in [2.24, 2.45) is 0 Å². The number of carbonyl (C=O) groups is 2. The number of hydrogen-bond acceptors (Lipinski definition) is 4. The van der Waals surface area contributed by atoms with Crippen LogP contribution in [0, 0.1) is 13.8 Å². The maximum absolute atomic E-state index is 13.0. The van der Waals surface area contributed by atoms with Gasteiger partial charge in [-0.15, -0.1) is 0 Å². The minimum atomic E-state index is -4.47. The summed E-state index contributed by atoms with van der Waals surface area (Å²) in [6, 6.07) is -0.839. The van der Waals surface area contributed by atoms with Crippen molar-refractivity contribution in [1.29, 1.82) is 0 Å². The van der Waals surface area contributed by atoms with Crippen LogP contribution in [0.15, 0.2) is 6.07 Å². The van der Waals surface area contributed by atoms with Crippen LogP contribution in [0.2, 0.25) is 0 Å². The molecule has 2 heterocycles. The third kappa shape index (κ3) is 4.21. The van der Waals surface area contributed by atoms with Gasteiger partial charge in [0.1, 0.15) is 17.6 Å². The number of aromatic nitrogens is 2. The van der Waals surface area contributed by atoms with E-state index in [1.807, 2.05) is 0 Å². The number of likely N-dealkylation sites (tertiary alicyclic amines) is 1. The molecule has 0 aliphatic carbocycles. The zero-order valence-electron chi connectivity index (χ0n) is 13.6. The van der Waals surface area contributed by atoms with E-state index < -0.39 is 30.1 Å². The zero-order chi connectivity index (χ0) is 18.1. The van der Waals surface area contributed by atoms with E-state index in [9.17, 15) is 22.8 Å². The van der Waals surface area contributed by atoms with Crippen molar-refractivity contribution in [3.8, 4) is 0 Å². The Hall–Kier alpha value is -2.19. The summed E-state index contributed by atoms with van der Waals surface area (Å²) in [6.45, 7) is 4.29. The Kier molecular flexibility index (Phi) is 5.10. The third-order valence-corrected chi connectivity index (χ3v) is 3.90. The molecule has 0 unspecified atom stereocenters. The van der Waals surface area contributed by atoms with Gasteiger partial charge in [0.05, 0.1) is 0 Å². The SMILES string of the molecule is CC(=O)N1C[C@@H](NC(=O)c2cc(C)nc(C)n2)CC[C@@H]1C(F)(F)F. The molecule has 1 N–H and O–H groups in total. The van der Waals surface area contributed by atoms with Crippen molar-refractivity contribution in [2.75, 3.05) is 6.54 Å². The normalized spacial score (nSPS) is 21.5. The van der Waals surface area contributed by atoms with Crippen LogP contribution in [-0.2, 0) is 4.79 Å². The number of hydrogen-bond donors (Lipinski definition) is 1. The Balaban J connectivity index is 2.08. The van der Waals surface area contributed by atoms with Crippen LogP contribution in [0.4, 0.5) is 13.2 Å². The quantitative estimate of drug-likeness (QED) is 0.887.